The summed E-state index contributed by atoms with van der Waals surface area (Å²) in [6.07, 6.45) is 4.27. The van der Waals surface area contributed by atoms with Crippen molar-refractivity contribution in [1.29, 1.82) is 0 Å². The molecule has 1 fully saturated rings. The van der Waals surface area contributed by atoms with Crippen molar-refractivity contribution < 1.29 is 4.79 Å². The summed E-state index contributed by atoms with van der Waals surface area (Å²) in [7, 11) is 0. The number of nitrogens with one attached hydrogen (secondary N) is 1. The number of rotatable bonds is 4. The first-order valence-electron chi connectivity index (χ1n) is 8.33. The minimum Gasteiger partial charge on any atom is -0.326 e. The molecule has 1 amide bonds. The van der Waals surface area contributed by atoms with Gasteiger partial charge in [-0.2, -0.15) is 10.2 Å². The minimum atomic E-state index is -0.00355. The molecule has 1 aliphatic carbocycles. The van der Waals surface area contributed by atoms with Gasteiger partial charge in [0.1, 0.15) is 0 Å². The second-order valence-corrected chi connectivity index (χ2v) is 6.33. The number of hydrogen-bond donors (Lipinski definition) is 1. The van der Waals surface area contributed by atoms with Gasteiger partial charge in [0.25, 0.3) is 0 Å². The Hall–Kier alpha value is -3.08. The van der Waals surface area contributed by atoms with E-state index in [1.165, 1.54) is 0 Å². The molecule has 2 atom stereocenters. The number of aromatic nitrogens is 3. The van der Waals surface area contributed by atoms with Crippen LogP contribution in [0.4, 0.5) is 5.69 Å². The Bertz CT molecular complexity index is 896. The molecule has 2 aromatic heterocycles. The van der Waals surface area contributed by atoms with Gasteiger partial charge in [0.2, 0.25) is 5.91 Å². The zero-order valence-corrected chi connectivity index (χ0v) is 13.9. The topological polar surface area (TPSA) is 67.8 Å². The predicted molar refractivity (Wildman–Crippen MR) is 95.9 cm³/mol. The summed E-state index contributed by atoms with van der Waals surface area (Å²) >= 11 is 0. The van der Waals surface area contributed by atoms with Crippen LogP contribution in [0.25, 0.3) is 11.3 Å². The van der Waals surface area contributed by atoms with Crippen LogP contribution in [0.1, 0.15) is 23.6 Å². The molecule has 0 saturated heterocycles. The smallest absolute Gasteiger partial charge is 0.228 e. The summed E-state index contributed by atoms with van der Waals surface area (Å²) in [6.45, 7) is 2.02. The lowest BCUT2D eigenvalue weighted by Crippen LogP contribution is -2.14. The Balaban J connectivity index is 1.49. The van der Waals surface area contributed by atoms with Crippen molar-refractivity contribution in [1.82, 2.24) is 15.2 Å². The van der Waals surface area contributed by atoms with Crippen molar-refractivity contribution in [3.05, 3.63) is 72.2 Å². The SMILES string of the molecule is Cc1ccc(NC(=O)[C@@H]2C[C@H]2c2ccccn2)cc1-c1cccnn1. The molecule has 0 radical (unpaired) electrons. The van der Waals surface area contributed by atoms with Crippen LogP contribution in [0.2, 0.25) is 0 Å². The van der Waals surface area contributed by atoms with Crippen LogP contribution in [-0.4, -0.2) is 21.1 Å². The second-order valence-electron chi connectivity index (χ2n) is 6.33. The molecule has 3 aromatic rings. The molecule has 0 bridgehead atoms. The van der Waals surface area contributed by atoms with E-state index in [1.807, 2.05) is 55.5 Å². The highest BCUT2D eigenvalue weighted by Gasteiger charge is 2.44. The molecule has 1 N–H and O–H groups in total. The van der Waals surface area contributed by atoms with E-state index in [2.05, 4.69) is 20.5 Å². The van der Waals surface area contributed by atoms with E-state index in [9.17, 15) is 4.79 Å². The summed E-state index contributed by atoms with van der Waals surface area (Å²) in [5.74, 6) is 0.270. The molecule has 25 heavy (non-hydrogen) atoms. The summed E-state index contributed by atoms with van der Waals surface area (Å²) in [5, 5.41) is 11.1. The minimum absolute atomic E-state index is 0.00355. The van der Waals surface area contributed by atoms with Crippen molar-refractivity contribution in [2.75, 3.05) is 5.32 Å². The lowest BCUT2D eigenvalue weighted by molar-refractivity contribution is -0.117. The second kappa shape index (κ2) is 6.43. The number of carbonyl (C=O) groups excluding carboxylic acids is 1. The van der Waals surface area contributed by atoms with E-state index in [-0.39, 0.29) is 17.7 Å². The first kappa shape index (κ1) is 15.4. The number of benzene rings is 1. The Morgan fingerprint density at radius 1 is 1.12 bits per heavy atom. The van der Waals surface area contributed by atoms with Gasteiger partial charge in [-0.15, -0.1) is 0 Å². The molecule has 0 unspecified atom stereocenters. The molecule has 124 valence electrons. The van der Waals surface area contributed by atoms with Crippen molar-refractivity contribution >= 4 is 11.6 Å². The zero-order chi connectivity index (χ0) is 17.2. The van der Waals surface area contributed by atoms with E-state index in [0.717, 1.165) is 34.6 Å². The molecule has 0 spiro atoms. The van der Waals surface area contributed by atoms with E-state index in [4.69, 9.17) is 0 Å². The monoisotopic (exact) mass is 330 g/mol. The van der Waals surface area contributed by atoms with E-state index in [1.54, 1.807) is 12.4 Å². The third-order valence-electron chi connectivity index (χ3n) is 4.55. The molecule has 1 aliphatic rings. The molecular formula is C20H18N4O. The largest absolute Gasteiger partial charge is 0.326 e. The molecular weight excluding hydrogens is 312 g/mol. The Morgan fingerprint density at radius 2 is 2.04 bits per heavy atom. The standard InChI is InChI=1S/C20H18N4O/c1-13-7-8-14(11-15(13)19-6-4-10-22-24-19)23-20(25)17-12-16(17)18-5-2-3-9-21-18/h2-11,16-17H,12H2,1H3,(H,23,25)/t16-,17-/m1/s1. The molecule has 0 aliphatic heterocycles. The van der Waals surface area contributed by atoms with Gasteiger partial charge >= 0.3 is 0 Å². The van der Waals surface area contributed by atoms with Crippen LogP contribution < -0.4 is 5.32 Å². The Morgan fingerprint density at radius 3 is 2.80 bits per heavy atom. The molecule has 4 rings (SSSR count). The number of aryl methyl sites for hydroxylation is 1. The zero-order valence-electron chi connectivity index (χ0n) is 13.9. The van der Waals surface area contributed by atoms with Gasteiger partial charge in [-0.3, -0.25) is 9.78 Å². The number of nitrogens with zero attached hydrogens (tertiary/aromatic N) is 3. The molecule has 1 aromatic carbocycles. The van der Waals surface area contributed by atoms with Gasteiger partial charge in [-0.25, -0.2) is 0 Å². The number of amides is 1. The maximum atomic E-state index is 12.5. The fraction of sp³-hybridized carbons (Fsp3) is 0.200. The quantitative estimate of drug-likeness (QED) is 0.794. The summed E-state index contributed by atoms with van der Waals surface area (Å²) in [6, 6.07) is 15.5. The van der Waals surface area contributed by atoms with Gasteiger partial charge in [-0.05, 0) is 55.3 Å². The van der Waals surface area contributed by atoms with E-state index >= 15 is 0 Å². The number of carbonyl (C=O) groups is 1. The van der Waals surface area contributed by atoms with Crippen LogP contribution in [-0.2, 0) is 4.79 Å². The Kier molecular flexibility index (Phi) is 3.98. The van der Waals surface area contributed by atoms with Gasteiger partial charge in [-0.1, -0.05) is 12.1 Å². The molecule has 5 heteroatoms. The number of anilines is 1. The van der Waals surface area contributed by atoms with Crippen LogP contribution in [0.3, 0.4) is 0 Å². The van der Waals surface area contributed by atoms with Crippen LogP contribution in [0.15, 0.2) is 60.9 Å². The number of hydrogen-bond acceptors (Lipinski definition) is 4. The molecule has 5 nitrogen and oxygen atoms in total. The Labute approximate surface area is 146 Å². The van der Waals surface area contributed by atoms with Crippen molar-refractivity contribution in [3.8, 4) is 11.3 Å². The normalized spacial score (nSPS) is 18.6. The van der Waals surface area contributed by atoms with Crippen molar-refractivity contribution in [3.63, 3.8) is 0 Å². The van der Waals surface area contributed by atoms with Gasteiger partial charge in [0.05, 0.1) is 5.69 Å². The van der Waals surface area contributed by atoms with Gasteiger partial charge < -0.3 is 5.32 Å². The fourth-order valence-electron chi connectivity index (χ4n) is 3.06. The lowest BCUT2D eigenvalue weighted by atomic mass is 10.0. The molecule has 2 heterocycles. The summed E-state index contributed by atoms with van der Waals surface area (Å²) in [5.41, 5.74) is 4.64. The predicted octanol–water partition coefficient (Wildman–Crippen LogP) is 3.59. The first-order valence-corrected chi connectivity index (χ1v) is 8.33. The summed E-state index contributed by atoms with van der Waals surface area (Å²) in [4.78, 5) is 16.9. The van der Waals surface area contributed by atoms with Crippen LogP contribution in [0, 0.1) is 12.8 Å². The maximum absolute atomic E-state index is 12.5. The van der Waals surface area contributed by atoms with Crippen LogP contribution in [0.5, 0.6) is 0 Å². The third kappa shape index (κ3) is 3.26. The van der Waals surface area contributed by atoms with Gasteiger partial charge in [0.15, 0.2) is 0 Å². The first-order chi connectivity index (χ1) is 12.2. The average Bonchev–Trinajstić information content (AvgIpc) is 3.46. The fourth-order valence-corrected chi connectivity index (χ4v) is 3.06. The maximum Gasteiger partial charge on any atom is 0.228 e. The van der Waals surface area contributed by atoms with Crippen molar-refractivity contribution in [2.24, 2.45) is 5.92 Å². The summed E-state index contributed by atoms with van der Waals surface area (Å²) < 4.78 is 0. The van der Waals surface area contributed by atoms with Gasteiger partial charge in [0, 0.05) is 41.2 Å². The number of pyridine rings is 1. The third-order valence-corrected chi connectivity index (χ3v) is 4.55. The molecule has 1 saturated carbocycles. The highest BCUT2D eigenvalue weighted by Crippen LogP contribution is 2.47. The lowest BCUT2D eigenvalue weighted by Gasteiger charge is -2.09. The van der Waals surface area contributed by atoms with Crippen LogP contribution >= 0.6 is 0 Å². The highest BCUT2D eigenvalue weighted by atomic mass is 16.2. The highest BCUT2D eigenvalue weighted by molar-refractivity contribution is 5.95. The van der Waals surface area contributed by atoms with E-state index in [0.29, 0.717) is 0 Å². The average molecular weight is 330 g/mol. The van der Waals surface area contributed by atoms with E-state index < -0.39 is 0 Å². The van der Waals surface area contributed by atoms with Crippen molar-refractivity contribution in [2.45, 2.75) is 19.3 Å².